The lowest BCUT2D eigenvalue weighted by atomic mass is 9.95. The lowest BCUT2D eigenvalue weighted by molar-refractivity contribution is -0.117. The van der Waals surface area contributed by atoms with Gasteiger partial charge in [-0.15, -0.1) is 0 Å². The minimum absolute atomic E-state index is 0.0189. The number of amides is 1. The highest BCUT2D eigenvalue weighted by atomic mass is 35.5. The van der Waals surface area contributed by atoms with Crippen molar-refractivity contribution in [1.29, 1.82) is 0 Å². The van der Waals surface area contributed by atoms with Gasteiger partial charge in [0.05, 0.1) is 28.9 Å². The van der Waals surface area contributed by atoms with E-state index in [4.69, 9.17) is 20.8 Å². The molecule has 1 amide bonds. The molecule has 184 valence electrons. The predicted molar refractivity (Wildman–Crippen MR) is 143 cm³/mol. The molecule has 1 aliphatic rings. The molecule has 5 aromatic rings. The quantitative estimate of drug-likeness (QED) is 0.251. The summed E-state index contributed by atoms with van der Waals surface area (Å²) < 4.78 is 12.1. The number of furan rings is 1. The number of hydrogen-bond donors (Lipinski definition) is 1. The zero-order valence-corrected chi connectivity index (χ0v) is 21.3. The number of aliphatic hydroxyl groups is 1. The molecule has 0 fully saturated rings. The van der Waals surface area contributed by atoms with E-state index in [1.165, 1.54) is 23.3 Å². The number of aryl methyl sites for hydroxylation is 1. The van der Waals surface area contributed by atoms with Crippen LogP contribution in [0.2, 0.25) is 5.02 Å². The summed E-state index contributed by atoms with van der Waals surface area (Å²) in [5, 5.41) is 12.6. The zero-order valence-electron chi connectivity index (χ0n) is 19.7. The average molecular weight is 531 g/mol. The first-order chi connectivity index (χ1) is 17.9. The minimum atomic E-state index is -0.936. The standard InChI is InChI=1S/C28H19ClN2O5S/c1-14-6-11-18-21(12-14)37-28(30-18)31-23(15-7-9-17(29)10-8-15)22(25(33)27(31)34)24(32)20-13-16-4-3-5-19(35-2)26(16)36-20/h3-13,23,33H,1-2H3. The minimum Gasteiger partial charge on any atom is -0.503 e. The highest BCUT2D eigenvalue weighted by molar-refractivity contribution is 7.22. The van der Waals surface area contributed by atoms with Crippen LogP contribution in [0.25, 0.3) is 21.2 Å². The molecule has 0 saturated heterocycles. The largest absolute Gasteiger partial charge is 0.503 e. The molecule has 9 heteroatoms. The Hall–Kier alpha value is -4.14. The second kappa shape index (κ2) is 8.76. The summed E-state index contributed by atoms with van der Waals surface area (Å²) in [5.74, 6) is -1.52. The molecule has 3 aromatic carbocycles. The molecule has 3 heterocycles. The second-order valence-corrected chi connectivity index (χ2v) is 10.1. The summed E-state index contributed by atoms with van der Waals surface area (Å²) in [5.41, 5.74) is 2.67. The molecule has 1 unspecified atom stereocenters. The molecular formula is C28H19ClN2O5S. The van der Waals surface area contributed by atoms with Gasteiger partial charge in [-0.2, -0.15) is 0 Å². The number of anilines is 1. The Morgan fingerprint density at radius 3 is 2.68 bits per heavy atom. The fraction of sp³-hybridized carbons (Fsp3) is 0.107. The number of para-hydroxylation sites is 1. The van der Waals surface area contributed by atoms with Gasteiger partial charge in [-0.05, 0) is 54.4 Å². The van der Waals surface area contributed by atoms with Crippen molar-refractivity contribution in [3.05, 3.63) is 100.0 Å². The maximum absolute atomic E-state index is 13.8. The van der Waals surface area contributed by atoms with Gasteiger partial charge in [0.25, 0.3) is 5.91 Å². The van der Waals surface area contributed by atoms with Crippen LogP contribution >= 0.6 is 22.9 Å². The van der Waals surface area contributed by atoms with E-state index < -0.39 is 23.5 Å². The van der Waals surface area contributed by atoms with Gasteiger partial charge in [0.1, 0.15) is 0 Å². The van der Waals surface area contributed by atoms with E-state index >= 15 is 0 Å². The van der Waals surface area contributed by atoms with Crippen molar-refractivity contribution >= 4 is 60.9 Å². The highest BCUT2D eigenvalue weighted by Crippen LogP contribution is 2.45. The number of aromatic nitrogens is 1. The van der Waals surface area contributed by atoms with Crippen molar-refractivity contribution in [3.63, 3.8) is 0 Å². The molecule has 0 aliphatic carbocycles. The summed E-state index contributed by atoms with van der Waals surface area (Å²) in [6.07, 6.45) is 0. The lowest BCUT2D eigenvalue weighted by Crippen LogP contribution is -2.30. The number of fused-ring (bicyclic) bond motifs is 2. The van der Waals surface area contributed by atoms with Gasteiger partial charge < -0.3 is 14.3 Å². The van der Waals surface area contributed by atoms with Crippen LogP contribution in [0.5, 0.6) is 5.75 Å². The average Bonchev–Trinajstić information content (AvgIpc) is 3.58. The Labute approximate surface area is 220 Å². The number of benzene rings is 3. The molecule has 2 aromatic heterocycles. The van der Waals surface area contributed by atoms with Crippen LogP contribution in [0.3, 0.4) is 0 Å². The van der Waals surface area contributed by atoms with Crippen molar-refractivity contribution in [2.45, 2.75) is 13.0 Å². The van der Waals surface area contributed by atoms with E-state index in [0.717, 1.165) is 15.8 Å². The van der Waals surface area contributed by atoms with Crippen LogP contribution in [-0.2, 0) is 4.79 Å². The smallest absolute Gasteiger partial charge is 0.296 e. The SMILES string of the molecule is COc1cccc2cc(C(=O)C3=C(O)C(=O)N(c4nc5ccc(C)cc5s4)C3c3ccc(Cl)cc3)oc12. The third-order valence-corrected chi connectivity index (χ3v) is 7.60. The molecule has 1 aliphatic heterocycles. The van der Waals surface area contributed by atoms with Crippen molar-refractivity contribution in [2.24, 2.45) is 0 Å². The van der Waals surface area contributed by atoms with Gasteiger partial charge in [-0.1, -0.05) is 53.3 Å². The number of hydrogen-bond acceptors (Lipinski definition) is 7. The summed E-state index contributed by atoms with van der Waals surface area (Å²) >= 11 is 7.43. The van der Waals surface area contributed by atoms with Gasteiger partial charge in [0.2, 0.25) is 5.78 Å². The van der Waals surface area contributed by atoms with Crippen LogP contribution in [0, 0.1) is 6.92 Å². The van der Waals surface area contributed by atoms with Crippen LogP contribution in [0.4, 0.5) is 5.13 Å². The number of Topliss-reactive ketones (excluding diaryl/α,β-unsaturated/α-hetero) is 1. The number of thiazole rings is 1. The lowest BCUT2D eigenvalue weighted by Gasteiger charge is -2.24. The van der Waals surface area contributed by atoms with Gasteiger partial charge in [-0.25, -0.2) is 4.98 Å². The summed E-state index contributed by atoms with van der Waals surface area (Å²) in [7, 11) is 1.51. The molecule has 7 nitrogen and oxygen atoms in total. The fourth-order valence-electron chi connectivity index (χ4n) is 4.56. The molecule has 0 saturated carbocycles. The number of ether oxygens (including phenoxy) is 1. The number of aliphatic hydroxyl groups excluding tert-OH is 1. The van der Waals surface area contributed by atoms with E-state index in [1.54, 1.807) is 48.5 Å². The van der Waals surface area contributed by atoms with E-state index in [0.29, 0.717) is 32.4 Å². The van der Waals surface area contributed by atoms with Crippen LogP contribution < -0.4 is 9.64 Å². The number of carbonyl (C=O) groups excluding carboxylic acids is 2. The molecule has 1 atom stereocenters. The molecule has 1 N–H and O–H groups in total. The Balaban J connectivity index is 1.51. The van der Waals surface area contributed by atoms with E-state index in [9.17, 15) is 14.7 Å². The maximum Gasteiger partial charge on any atom is 0.296 e. The van der Waals surface area contributed by atoms with E-state index in [1.807, 2.05) is 25.1 Å². The first kappa shape index (κ1) is 23.3. The first-order valence-electron chi connectivity index (χ1n) is 11.4. The molecule has 0 spiro atoms. The predicted octanol–water partition coefficient (Wildman–Crippen LogP) is 6.80. The molecule has 0 bridgehead atoms. The highest BCUT2D eigenvalue weighted by Gasteiger charge is 2.46. The van der Waals surface area contributed by atoms with E-state index in [-0.39, 0.29) is 11.3 Å². The van der Waals surface area contributed by atoms with Crippen LogP contribution in [-0.4, -0.2) is 28.9 Å². The molecule has 0 radical (unpaired) electrons. The van der Waals surface area contributed by atoms with Crippen LogP contribution in [0.15, 0.2) is 82.5 Å². The normalized spacial score (nSPS) is 15.8. The van der Waals surface area contributed by atoms with Crippen molar-refractivity contribution in [3.8, 4) is 5.75 Å². The second-order valence-electron chi connectivity index (χ2n) is 8.68. The number of ketones is 1. The van der Waals surface area contributed by atoms with Crippen molar-refractivity contribution in [2.75, 3.05) is 12.0 Å². The Bertz CT molecular complexity index is 1750. The topological polar surface area (TPSA) is 92.9 Å². The third-order valence-electron chi connectivity index (χ3n) is 6.33. The molecule has 37 heavy (non-hydrogen) atoms. The Morgan fingerprint density at radius 2 is 1.92 bits per heavy atom. The maximum atomic E-state index is 13.8. The van der Waals surface area contributed by atoms with Crippen molar-refractivity contribution in [1.82, 2.24) is 4.98 Å². The summed E-state index contributed by atoms with van der Waals surface area (Å²) in [6.45, 7) is 1.98. The number of nitrogens with zero attached hydrogens (tertiary/aromatic N) is 2. The van der Waals surface area contributed by atoms with Gasteiger partial charge in [-0.3, -0.25) is 14.5 Å². The number of rotatable bonds is 5. The van der Waals surface area contributed by atoms with Crippen LogP contribution in [0.1, 0.15) is 27.7 Å². The van der Waals surface area contributed by atoms with Gasteiger partial charge in [0, 0.05) is 10.4 Å². The van der Waals surface area contributed by atoms with Crippen molar-refractivity contribution < 1.29 is 23.8 Å². The molecule has 6 rings (SSSR count). The number of halogens is 1. The Kier molecular flexibility index (Phi) is 5.51. The zero-order chi connectivity index (χ0) is 25.8. The van der Waals surface area contributed by atoms with E-state index in [2.05, 4.69) is 4.98 Å². The number of carbonyl (C=O) groups is 2. The Morgan fingerprint density at radius 1 is 1.14 bits per heavy atom. The number of methoxy groups -OCH3 is 1. The van der Waals surface area contributed by atoms with Gasteiger partial charge in [0.15, 0.2) is 28.0 Å². The van der Waals surface area contributed by atoms with Gasteiger partial charge >= 0.3 is 0 Å². The third kappa shape index (κ3) is 3.77. The summed E-state index contributed by atoms with van der Waals surface area (Å²) in [4.78, 5) is 33.3. The monoisotopic (exact) mass is 530 g/mol. The molecular weight excluding hydrogens is 512 g/mol. The summed E-state index contributed by atoms with van der Waals surface area (Å²) in [6, 6.07) is 18.5. The fourth-order valence-corrected chi connectivity index (χ4v) is 5.78. The first-order valence-corrected chi connectivity index (χ1v) is 12.6.